The largest absolute Gasteiger partial charge is 0.317 e. The first-order valence-corrected chi connectivity index (χ1v) is 12.2. The number of hydrogen-bond acceptors (Lipinski definition) is 2. The number of allylic oxidation sites excluding steroid dienone is 6. The lowest BCUT2D eigenvalue weighted by Crippen LogP contribution is -2.14. The Labute approximate surface area is 215 Å². The molecule has 0 fully saturated rings. The summed E-state index contributed by atoms with van der Waals surface area (Å²) in [6, 6.07) is 38.2. The first kappa shape index (κ1) is 24.6. The van der Waals surface area contributed by atoms with Gasteiger partial charge in [-0.1, -0.05) is 85.5 Å². The molecule has 0 atom stereocenters. The normalized spacial score (nSPS) is 11.7. The van der Waals surface area contributed by atoms with Crippen LogP contribution in [-0.2, 0) is 0 Å². The maximum atomic E-state index is 3.81. The fraction of sp³-hybridized carbons (Fsp3) is 0.0588. The van der Waals surface area contributed by atoms with Crippen LogP contribution in [0.3, 0.4) is 0 Å². The summed E-state index contributed by atoms with van der Waals surface area (Å²) in [5.74, 6) is 0. The van der Waals surface area contributed by atoms with E-state index in [0.29, 0.717) is 0 Å². The Morgan fingerprint density at radius 2 is 1.08 bits per heavy atom. The van der Waals surface area contributed by atoms with Crippen LogP contribution >= 0.6 is 0 Å². The van der Waals surface area contributed by atoms with Crippen LogP contribution in [0.5, 0.6) is 0 Å². The van der Waals surface area contributed by atoms with Gasteiger partial charge in [0, 0.05) is 34.6 Å². The van der Waals surface area contributed by atoms with Crippen molar-refractivity contribution >= 4 is 22.7 Å². The van der Waals surface area contributed by atoms with Gasteiger partial charge >= 0.3 is 0 Å². The van der Waals surface area contributed by atoms with Gasteiger partial charge < -0.3 is 9.80 Å². The average molecular weight is 469 g/mol. The Hall–Kier alpha value is -4.56. The fourth-order valence-electron chi connectivity index (χ4n) is 4.12. The molecule has 2 nitrogen and oxygen atoms in total. The molecule has 4 rings (SSSR count). The van der Waals surface area contributed by atoms with Gasteiger partial charge in [0.25, 0.3) is 0 Å². The van der Waals surface area contributed by atoms with Crippen molar-refractivity contribution in [1.29, 1.82) is 0 Å². The Morgan fingerprint density at radius 1 is 0.611 bits per heavy atom. The molecule has 4 aromatic rings. The van der Waals surface area contributed by atoms with Crippen LogP contribution in [0.2, 0.25) is 0 Å². The molecule has 0 aliphatic heterocycles. The Kier molecular flexibility index (Phi) is 8.35. The first-order valence-electron chi connectivity index (χ1n) is 12.2. The second kappa shape index (κ2) is 12.2. The van der Waals surface area contributed by atoms with E-state index < -0.39 is 0 Å². The van der Waals surface area contributed by atoms with Crippen LogP contribution in [0, 0.1) is 0 Å². The number of hydrogen-bond donors (Lipinski definition) is 0. The van der Waals surface area contributed by atoms with Gasteiger partial charge in [-0.15, -0.1) is 0 Å². The van der Waals surface area contributed by atoms with Crippen molar-refractivity contribution in [3.63, 3.8) is 0 Å². The fourth-order valence-corrected chi connectivity index (χ4v) is 4.12. The van der Waals surface area contributed by atoms with Crippen LogP contribution in [-0.4, -0.2) is 0 Å². The van der Waals surface area contributed by atoms with Gasteiger partial charge in [0.15, 0.2) is 0 Å². The van der Waals surface area contributed by atoms with E-state index in [2.05, 4.69) is 120 Å². The third-order valence-electron chi connectivity index (χ3n) is 5.91. The summed E-state index contributed by atoms with van der Waals surface area (Å²) < 4.78 is 0. The summed E-state index contributed by atoms with van der Waals surface area (Å²) in [4.78, 5) is 4.43. The van der Waals surface area contributed by atoms with Crippen molar-refractivity contribution in [1.82, 2.24) is 0 Å². The Morgan fingerprint density at radius 3 is 1.61 bits per heavy atom. The average Bonchev–Trinajstić information content (AvgIpc) is 2.94. The third-order valence-corrected chi connectivity index (χ3v) is 5.91. The van der Waals surface area contributed by atoms with Gasteiger partial charge in [0.05, 0.1) is 0 Å². The molecule has 0 unspecified atom stereocenters. The minimum atomic E-state index is 1.10. The maximum absolute atomic E-state index is 3.81. The maximum Gasteiger partial charge on any atom is 0.0458 e. The SMILES string of the molecule is C=C/C=C/N(c1ccccc1)c1ccc(-c2ccc(N(/C(C)=C/C=C\C)c3ccccc3)cc2)cc1. The number of benzene rings is 4. The second-order valence-electron chi connectivity index (χ2n) is 8.38. The topological polar surface area (TPSA) is 6.48 Å². The van der Waals surface area contributed by atoms with Crippen LogP contribution in [0.25, 0.3) is 11.1 Å². The van der Waals surface area contributed by atoms with Gasteiger partial charge in [0.2, 0.25) is 0 Å². The van der Waals surface area contributed by atoms with E-state index in [-0.39, 0.29) is 0 Å². The van der Waals surface area contributed by atoms with Crippen LogP contribution in [0.15, 0.2) is 158 Å². The minimum absolute atomic E-state index is 1.10. The summed E-state index contributed by atoms with van der Waals surface area (Å²) in [7, 11) is 0. The molecule has 0 amide bonds. The zero-order valence-electron chi connectivity index (χ0n) is 21.0. The van der Waals surface area contributed by atoms with E-state index in [9.17, 15) is 0 Å². The highest BCUT2D eigenvalue weighted by atomic mass is 15.1. The lowest BCUT2D eigenvalue weighted by Gasteiger charge is -2.26. The molecular weight excluding hydrogens is 436 g/mol. The molecular formula is C34H32N2. The molecule has 0 spiro atoms. The number of para-hydroxylation sites is 2. The Bertz CT molecular complexity index is 1330. The number of rotatable bonds is 9. The van der Waals surface area contributed by atoms with E-state index in [4.69, 9.17) is 0 Å². The van der Waals surface area contributed by atoms with Gasteiger partial charge in [-0.25, -0.2) is 0 Å². The molecule has 0 N–H and O–H groups in total. The molecule has 0 heterocycles. The highest BCUT2D eigenvalue weighted by molar-refractivity contribution is 5.74. The zero-order chi connectivity index (χ0) is 25.2. The van der Waals surface area contributed by atoms with Crippen molar-refractivity contribution in [2.75, 3.05) is 9.80 Å². The van der Waals surface area contributed by atoms with E-state index in [0.717, 1.165) is 28.4 Å². The predicted octanol–water partition coefficient (Wildman–Crippen LogP) is 9.81. The van der Waals surface area contributed by atoms with Crippen molar-refractivity contribution < 1.29 is 0 Å². The second-order valence-corrected chi connectivity index (χ2v) is 8.38. The molecule has 0 bridgehead atoms. The van der Waals surface area contributed by atoms with Gasteiger partial charge in [-0.05, 0) is 85.7 Å². The summed E-state index contributed by atoms with van der Waals surface area (Å²) >= 11 is 0. The smallest absolute Gasteiger partial charge is 0.0458 e. The minimum Gasteiger partial charge on any atom is -0.317 e. The van der Waals surface area contributed by atoms with Gasteiger partial charge in [-0.3, -0.25) is 0 Å². The zero-order valence-corrected chi connectivity index (χ0v) is 21.0. The summed E-state index contributed by atoms with van der Waals surface area (Å²) in [6.07, 6.45) is 12.0. The number of anilines is 4. The summed E-state index contributed by atoms with van der Waals surface area (Å²) in [6.45, 7) is 7.99. The van der Waals surface area contributed by atoms with E-state index in [1.807, 2.05) is 49.5 Å². The molecule has 0 saturated heterocycles. The third kappa shape index (κ3) is 5.92. The number of nitrogens with zero attached hydrogens (tertiary/aromatic N) is 2. The molecule has 178 valence electrons. The molecule has 0 aliphatic rings. The Balaban J connectivity index is 1.62. The first-order chi connectivity index (χ1) is 17.7. The predicted molar refractivity (Wildman–Crippen MR) is 157 cm³/mol. The summed E-state index contributed by atoms with van der Waals surface area (Å²) in [5.41, 5.74) is 7.99. The molecule has 36 heavy (non-hydrogen) atoms. The van der Waals surface area contributed by atoms with Gasteiger partial charge in [-0.2, -0.15) is 0 Å². The van der Waals surface area contributed by atoms with Crippen molar-refractivity contribution in [3.8, 4) is 11.1 Å². The molecule has 0 saturated carbocycles. The molecule has 2 heteroatoms. The van der Waals surface area contributed by atoms with Crippen molar-refractivity contribution in [2.45, 2.75) is 13.8 Å². The molecule has 0 radical (unpaired) electrons. The monoisotopic (exact) mass is 468 g/mol. The highest BCUT2D eigenvalue weighted by Gasteiger charge is 2.12. The summed E-state index contributed by atoms with van der Waals surface area (Å²) in [5, 5.41) is 0. The van der Waals surface area contributed by atoms with E-state index >= 15 is 0 Å². The van der Waals surface area contributed by atoms with E-state index in [1.165, 1.54) is 11.1 Å². The lowest BCUT2D eigenvalue weighted by atomic mass is 10.0. The highest BCUT2D eigenvalue weighted by Crippen LogP contribution is 2.33. The molecule has 0 aliphatic carbocycles. The lowest BCUT2D eigenvalue weighted by molar-refractivity contribution is 1.16. The van der Waals surface area contributed by atoms with Crippen LogP contribution in [0.4, 0.5) is 22.7 Å². The van der Waals surface area contributed by atoms with E-state index in [1.54, 1.807) is 6.08 Å². The van der Waals surface area contributed by atoms with Crippen LogP contribution < -0.4 is 9.80 Å². The quantitative estimate of drug-likeness (QED) is 0.226. The van der Waals surface area contributed by atoms with Crippen molar-refractivity contribution in [3.05, 3.63) is 158 Å². The molecule has 4 aromatic carbocycles. The standard InChI is InChI=1S/C34H32N2/c1-4-6-14-28(3)36(33-17-12-9-13-18-33)34-25-21-30(22-26-34)29-19-23-32(24-20-29)35(27-7-5-2)31-15-10-8-11-16-31/h4-27H,2H2,1,3H3/b6-4-,27-7+,28-14+. The van der Waals surface area contributed by atoms with Crippen LogP contribution in [0.1, 0.15) is 13.8 Å². The molecule has 0 aromatic heterocycles. The van der Waals surface area contributed by atoms with Crippen molar-refractivity contribution in [2.24, 2.45) is 0 Å². The van der Waals surface area contributed by atoms with Gasteiger partial charge in [0.1, 0.15) is 0 Å².